The van der Waals surface area contributed by atoms with Gasteiger partial charge in [-0.25, -0.2) is 0 Å². The first-order chi connectivity index (χ1) is 6.59. The van der Waals surface area contributed by atoms with Crippen LogP contribution < -0.4 is 0 Å². The smallest absolute Gasteiger partial charge is 0.181 e. The molecule has 0 fully saturated rings. The van der Waals surface area contributed by atoms with Crippen molar-refractivity contribution >= 4 is 5.78 Å². The van der Waals surface area contributed by atoms with Gasteiger partial charge in [0.25, 0.3) is 0 Å². The zero-order valence-electron chi connectivity index (χ0n) is 8.05. The van der Waals surface area contributed by atoms with Crippen LogP contribution in [0.15, 0.2) is 23.8 Å². The Labute approximate surface area is 82.7 Å². The van der Waals surface area contributed by atoms with E-state index in [1.165, 1.54) is 6.08 Å². The van der Waals surface area contributed by atoms with E-state index in [2.05, 4.69) is 0 Å². The predicted octanol–water partition coefficient (Wildman–Crippen LogP) is 0.429. The molecule has 0 spiro atoms. The van der Waals surface area contributed by atoms with Crippen LogP contribution in [0.5, 0.6) is 0 Å². The lowest BCUT2D eigenvalue weighted by molar-refractivity contribution is -0.113. The lowest BCUT2D eigenvalue weighted by Crippen LogP contribution is -2.37. The number of hydrogen-bond donors (Lipinski definition) is 2. The highest BCUT2D eigenvalue weighted by molar-refractivity contribution is 6.05. The van der Waals surface area contributed by atoms with Crippen LogP contribution in [0.1, 0.15) is 13.3 Å². The van der Waals surface area contributed by atoms with Crippen molar-refractivity contribution in [2.24, 2.45) is 11.8 Å². The highest BCUT2D eigenvalue weighted by atomic mass is 16.3. The van der Waals surface area contributed by atoms with Crippen molar-refractivity contribution in [2.45, 2.75) is 25.6 Å². The third kappa shape index (κ3) is 1.42. The zero-order chi connectivity index (χ0) is 10.3. The van der Waals surface area contributed by atoms with E-state index in [1.54, 1.807) is 12.2 Å². The molecule has 0 amide bonds. The van der Waals surface area contributed by atoms with Gasteiger partial charge in [-0.1, -0.05) is 13.0 Å². The topological polar surface area (TPSA) is 57.5 Å². The molecule has 0 heterocycles. The summed E-state index contributed by atoms with van der Waals surface area (Å²) in [6.45, 7) is 1.95. The molecule has 14 heavy (non-hydrogen) atoms. The van der Waals surface area contributed by atoms with Gasteiger partial charge < -0.3 is 10.2 Å². The molecular weight excluding hydrogens is 180 g/mol. The van der Waals surface area contributed by atoms with Gasteiger partial charge in [0.2, 0.25) is 0 Å². The van der Waals surface area contributed by atoms with Gasteiger partial charge in [-0.15, -0.1) is 0 Å². The molecule has 0 aromatic rings. The second kappa shape index (κ2) is 3.33. The Morgan fingerprint density at radius 3 is 2.86 bits per heavy atom. The van der Waals surface area contributed by atoms with Crippen LogP contribution >= 0.6 is 0 Å². The van der Waals surface area contributed by atoms with Crippen molar-refractivity contribution in [3.05, 3.63) is 23.8 Å². The Balaban J connectivity index is 2.40. The highest BCUT2D eigenvalue weighted by Gasteiger charge is 2.37. The average Bonchev–Trinajstić information content (AvgIpc) is 2.10. The average molecular weight is 194 g/mol. The lowest BCUT2D eigenvalue weighted by atomic mass is 9.71. The number of hydrogen-bond acceptors (Lipinski definition) is 3. The standard InChI is InChI=1S/C11H14O3/c1-6-4-7(12)5-8-9(13)2-3-10(14)11(6)8/h2-3,5-7,10-12,14H,4H2,1H3/t6-,7-,10-,11+/m1/s1. The summed E-state index contributed by atoms with van der Waals surface area (Å²) in [5.74, 6) is -0.0595. The highest BCUT2D eigenvalue weighted by Crippen LogP contribution is 2.36. The molecule has 2 N–H and O–H groups in total. The summed E-state index contributed by atoms with van der Waals surface area (Å²) in [7, 11) is 0. The molecule has 3 nitrogen and oxygen atoms in total. The number of carbonyl (C=O) groups is 1. The Morgan fingerprint density at radius 2 is 2.14 bits per heavy atom. The maximum atomic E-state index is 11.5. The summed E-state index contributed by atoms with van der Waals surface area (Å²) < 4.78 is 0. The Bertz CT molecular complexity index is 316. The minimum Gasteiger partial charge on any atom is -0.389 e. The number of rotatable bonds is 0. The van der Waals surface area contributed by atoms with E-state index in [9.17, 15) is 15.0 Å². The molecule has 3 heteroatoms. The molecule has 0 aliphatic heterocycles. The van der Waals surface area contributed by atoms with Gasteiger partial charge in [-0.05, 0) is 24.5 Å². The van der Waals surface area contributed by atoms with Crippen LogP contribution in [-0.4, -0.2) is 28.2 Å². The van der Waals surface area contributed by atoms with Crippen LogP contribution in [0.3, 0.4) is 0 Å². The van der Waals surface area contributed by atoms with E-state index < -0.39 is 12.2 Å². The molecule has 0 unspecified atom stereocenters. The van der Waals surface area contributed by atoms with E-state index >= 15 is 0 Å². The van der Waals surface area contributed by atoms with Crippen LogP contribution in [-0.2, 0) is 4.79 Å². The fraction of sp³-hybridized carbons (Fsp3) is 0.545. The molecule has 2 rings (SSSR count). The van der Waals surface area contributed by atoms with E-state index in [0.29, 0.717) is 12.0 Å². The monoisotopic (exact) mass is 194 g/mol. The second-order valence-electron chi connectivity index (χ2n) is 4.14. The molecule has 2 aliphatic rings. The quantitative estimate of drug-likeness (QED) is 0.588. The summed E-state index contributed by atoms with van der Waals surface area (Å²) in [6.07, 6.45) is 4.00. The largest absolute Gasteiger partial charge is 0.389 e. The Morgan fingerprint density at radius 1 is 1.43 bits per heavy atom. The van der Waals surface area contributed by atoms with Gasteiger partial charge in [0.15, 0.2) is 5.78 Å². The minimum absolute atomic E-state index is 0.0779. The van der Waals surface area contributed by atoms with E-state index in [4.69, 9.17) is 0 Å². The number of fused-ring (bicyclic) bond motifs is 1. The molecule has 0 aromatic carbocycles. The van der Waals surface area contributed by atoms with E-state index in [-0.39, 0.29) is 17.6 Å². The number of ketones is 1. The van der Waals surface area contributed by atoms with Crippen molar-refractivity contribution in [2.75, 3.05) is 0 Å². The molecule has 76 valence electrons. The van der Waals surface area contributed by atoms with Crippen molar-refractivity contribution in [1.82, 2.24) is 0 Å². The van der Waals surface area contributed by atoms with Crippen molar-refractivity contribution in [3.63, 3.8) is 0 Å². The third-order valence-corrected chi connectivity index (χ3v) is 3.05. The molecule has 0 saturated heterocycles. The number of carbonyl (C=O) groups excluding carboxylic acids is 1. The van der Waals surface area contributed by atoms with Crippen molar-refractivity contribution < 1.29 is 15.0 Å². The maximum Gasteiger partial charge on any atom is 0.181 e. The van der Waals surface area contributed by atoms with Gasteiger partial charge in [0.05, 0.1) is 12.2 Å². The molecule has 0 aromatic heterocycles. The first-order valence-electron chi connectivity index (χ1n) is 4.90. The van der Waals surface area contributed by atoms with Crippen LogP contribution in [0.25, 0.3) is 0 Å². The first-order valence-corrected chi connectivity index (χ1v) is 4.90. The van der Waals surface area contributed by atoms with Gasteiger partial charge in [0, 0.05) is 11.5 Å². The van der Waals surface area contributed by atoms with Crippen LogP contribution in [0.2, 0.25) is 0 Å². The zero-order valence-corrected chi connectivity index (χ0v) is 8.05. The Kier molecular flexibility index (Phi) is 2.29. The Hall–Kier alpha value is -0.930. The predicted molar refractivity (Wildman–Crippen MR) is 51.5 cm³/mol. The number of aliphatic hydroxyl groups is 2. The summed E-state index contributed by atoms with van der Waals surface area (Å²) in [6, 6.07) is 0. The lowest BCUT2D eigenvalue weighted by Gasteiger charge is -2.35. The van der Waals surface area contributed by atoms with Gasteiger partial charge in [-0.3, -0.25) is 4.79 Å². The minimum atomic E-state index is -0.582. The summed E-state index contributed by atoms with van der Waals surface area (Å²) in [4.78, 5) is 11.5. The maximum absolute atomic E-state index is 11.5. The normalized spacial score (nSPS) is 41.9. The van der Waals surface area contributed by atoms with Crippen molar-refractivity contribution in [3.8, 4) is 0 Å². The molecular formula is C11H14O3. The van der Waals surface area contributed by atoms with Crippen LogP contribution in [0, 0.1) is 11.8 Å². The first kappa shape index (κ1) is 9.62. The van der Waals surface area contributed by atoms with E-state index in [1.807, 2.05) is 6.92 Å². The summed E-state index contributed by atoms with van der Waals surface area (Å²) in [5, 5.41) is 19.2. The fourth-order valence-electron chi connectivity index (χ4n) is 2.39. The van der Waals surface area contributed by atoms with Crippen molar-refractivity contribution in [1.29, 1.82) is 0 Å². The molecule has 2 aliphatic carbocycles. The van der Waals surface area contributed by atoms with Gasteiger partial charge >= 0.3 is 0 Å². The summed E-state index contributed by atoms with van der Waals surface area (Å²) in [5.41, 5.74) is 0.575. The molecule has 0 bridgehead atoms. The number of aliphatic hydroxyl groups excluding tert-OH is 2. The summed E-state index contributed by atoms with van der Waals surface area (Å²) >= 11 is 0. The SMILES string of the molecule is C[C@@H]1C[C@@H](O)C=C2C(=O)C=C[C@@H](O)[C@H]21. The second-order valence-corrected chi connectivity index (χ2v) is 4.14. The molecule has 0 radical (unpaired) electrons. The molecule has 0 saturated carbocycles. The third-order valence-electron chi connectivity index (χ3n) is 3.05. The van der Waals surface area contributed by atoms with Gasteiger partial charge in [0.1, 0.15) is 0 Å². The van der Waals surface area contributed by atoms with Gasteiger partial charge in [-0.2, -0.15) is 0 Å². The molecule has 4 atom stereocenters. The fourth-order valence-corrected chi connectivity index (χ4v) is 2.39. The van der Waals surface area contributed by atoms with E-state index in [0.717, 1.165) is 0 Å². The number of allylic oxidation sites excluding steroid dienone is 1. The van der Waals surface area contributed by atoms with Crippen LogP contribution in [0.4, 0.5) is 0 Å².